The highest BCUT2D eigenvalue weighted by atomic mass is 79.9. The maximum absolute atomic E-state index is 12.7. The van der Waals surface area contributed by atoms with Crippen LogP contribution in [0.15, 0.2) is 10.7 Å². The molecule has 0 aliphatic rings. The Balaban J connectivity index is 2.13. The first-order valence-electron chi connectivity index (χ1n) is 6.10. The lowest BCUT2D eigenvalue weighted by molar-refractivity contribution is -0.117. The Kier molecular flexibility index (Phi) is 4.40. The number of carbonyl (C=O) groups excluding carboxylic acids is 1. The number of anilines is 1. The van der Waals surface area contributed by atoms with Gasteiger partial charge in [0.25, 0.3) is 6.43 Å². The van der Waals surface area contributed by atoms with Gasteiger partial charge in [-0.3, -0.25) is 14.2 Å². The summed E-state index contributed by atoms with van der Waals surface area (Å²) >= 11 is 3.06. The SMILES string of the molecule is Cc1c(NC(=O)Cn2nc(C(F)F)c(Br)c2C)cnn1C. The molecule has 0 unspecified atom stereocenters. The highest BCUT2D eigenvalue weighted by Gasteiger charge is 2.21. The Morgan fingerprint density at radius 1 is 1.43 bits per heavy atom. The van der Waals surface area contributed by atoms with Gasteiger partial charge >= 0.3 is 0 Å². The normalized spacial score (nSPS) is 11.2. The van der Waals surface area contributed by atoms with Crippen LogP contribution in [0.25, 0.3) is 0 Å². The second-order valence-corrected chi connectivity index (χ2v) is 5.35. The summed E-state index contributed by atoms with van der Waals surface area (Å²) in [6.07, 6.45) is -1.16. The molecule has 0 saturated heterocycles. The lowest BCUT2D eigenvalue weighted by atomic mass is 10.3. The Morgan fingerprint density at radius 3 is 2.57 bits per heavy atom. The van der Waals surface area contributed by atoms with Gasteiger partial charge in [-0.1, -0.05) is 0 Å². The molecule has 0 aromatic carbocycles. The fourth-order valence-electron chi connectivity index (χ4n) is 1.79. The van der Waals surface area contributed by atoms with Crippen molar-refractivity contribution in [3.8, 4) is 0 Å². The number of aromatic nitrogens is 4. The van der Waals surface area contributed by atoms with E-state index in [0.29, 0.717) is 11.4 Å². The first-order valence-corrected chi connectivity index (χ1v) is 6.90. The van der Waals surface area contributed by atoms with Crippen LogP contribution in [0.4, 0.5) is 14.5 Å². The van der Waals surface area contributed by atoms with Crippen LogP contribution < -0.4 is 5.32 Å². The fraction of sp³-hybridized carbons (Fsp3) is 0.417. The molecule has 9 heteroatoms. The highest BCUT2D eigenvalue weighted by molar-refractivity contribution is 9.10. The number of rotatable bonds is 4. The Hall–Kier alpha value is -1.77. The summed E-state index contributed by atoms with van der Waals surface area (Å²) in [4.78, 5) is 12.0. The lowest BCUT2D eigenvalue weighted by Gasteiger charge is -2.06. The van der Waals surface area contributed by atoms with Gasteiger partial charge in [-0.2, -0.15) is 10.2 Å². The van der Waals surface area contributed by atoms with E-state index < -0.39 is 6.43 Å². The van der Waals surface area contributed by atoms with E-state index in [4.69, 9.17) is 0 Å². The van der Waals surface area contributed by atoms with Crippen LogP contribution >= 0.6 is 15.9 Å². The van der Waals surface area contributed by atoms with E-state index in [0.717, 1.165) is 5.69 Å². The van der Waals surface area contributed by atoms with E-state index in [1.807, 2.05) is 6.92 Å². The predicted molar refractivity (Wildman–Crippen MR) is 76.2 cm³/mol. The Morgan fingerprint density at radius 2 is 2.10 bits per heavy atom. The number of carbonyl (C=O) groups is 1. The van der Waals surface area contributed by atoms with Crippen molar-refractivity contribution in [2.24, 2.45) is 7.05 Å². The quantitative estimate of drug-likeness (QED) is 0.909. The summed E-state index contributed by atoms with van der Waals surface area (Å²) in [6.45, 7) is 3.28. The minimum Gasteiger partial charge on any atom is -0.322 e. The van der Waals surface area contributed by atoms with Crippen LogP contribution in [0.1, 0.15) is 23.5 Å². The van der Waals surface area contributed by atoms with Gasteiger partial charge in [0.15, 0.2) is 0 Å². The third kappa shape index (κ3) is 3.12. The summed E-state index contributed by atoms with van der Waals surface area (Å²) < 4.78 is 28.6. The van der Waals surface area contributed by atoms with Crippen molar-refractivity contribution >= 4 is 27.5 Å². The molecule has 0 radical (unpaired) electrons. The van der Waals surface area contributed by atoms with Gasteiger partial charge in [-0.15, -0.1) is 0 Å². The Labute approximate surface area is 128 Å². The van der Waals surface area contributed by atoms with Crippen molar-refractivity contribution in [2.75, 3.05) is 5.32 Å². The molecule has 0 bridgehead atoms. The van der Waals surface area contributed by atoms with Crippen LogP contribution in [-0.4, -0.2) is 25.5 Å². The minimum atomic E-state index is -2.69. The number of hydrogen-bond acceptors (Lipinski definition) is 3. The smallest absolute Gasteiger partial charge is 0.283 e. The van der Waals surface area contributed by atoms with E-state index in [2.05, 4.69) is 31.4 Å². The molecule has 6 nitrogen and oxygen atoms in total. The van der Waals surface area contributed by atoms with Gasteiger partial charge in [-0.25, -0.2) is 8.78 Å². The zero-order valence-corrected chi connectivity index (χ0v) is 13.3. The first kappa shape index (κ1) is 15.6. The van der Waals surface area contributed by atoms with E-state index in [9.17, 15) is 13.6 Å². The second-order valence-electron chi connectivity index (χ2n) is 4.56. The number of nitrogens with zero attached hydrogens (tertiary/aromatic N) is 4. The summed E-state index contributed by atoms with van der Waals surface area (Å²) in [5.41, 5.74) is 1.50. The summed E-state index contributed by atoms with van der Waals surface area (Å²) in [5.74, 6) is -0.356. The topological polar surface area (TPSA) is 64.7 Å². The molecule has 2 aromatic heterocycles. The summed E-state index contributed by atoms with van der Waals surface area (Å²) in [5, 5.41) is 10.4. The lowest BCUT2D eigenvalue weighted by Crippen LogP contribution is -2.20. The van der Waals surface area contributed by atoms with Gasteiger partial charge in [0.2, 0.25) is 5.91 Å². The molecule has 0 saturated carbocycles. The monoisotopic (exact) mass is 361 g/mol. The summed E-state index contributed by atoms with van der Waals surface area (Å²) in [7, 11) is 1.76. The highest BCUT2D eigenvalue weighted by Crippen LogP contribution is 2.28. The number of hydrogen-bond donors (Lipinski definition) is 1. The van der Waals surface area contributed by atoms with Crippen LogP contribution in [0, 0.1) is 13.8 Å². The third-order valence-electron chi connectivity index (χ3n) is 3.17. The molecular formula is C12H14BrF2N5O. The zero-order valence-electron chi connectivity index (χ0n) is 11.7. The molecule has 0 aliphatic carbocycles. The fourth-order valence-corrected chi connectivity index (χ4v) is 2.25. The van der Waals surface area contributed by atoms with Gasteiger partial charge < -0.3 is 5.32 Å². The number of alkyl halides is 2. The van der Waals surface area contributed by atoms with E-state index >= 15 is 0 Å². The maximum Gasteiger partial charge on any atom is 0.283 e. The standard InChI is InChI=1S/C12H14BrF2N5O/c1-6-8(4-16-19(6)3)17-9(21)5-20-7(2)10(13)11(18-20)12(14)15/h4,12H,5H2,1-3H3,(H,17,21). The van der Waals surface area contributed by atoms with Gasteiger partial charge in [-0.05, 0) is 29.8 Å². The van der Waals surface area contributed by atoms with Crippen molar-refractivity contribution in [1.82, 2.24) is 19.6 Å². The number of aryl methyl sites for hydroxylation is 1. The predicted octanol–water partition coefficient (Wildman–Crippen LogP) is 2.57. The molecule has 2 rings (SSSR count). The number of nitrogens with one attached hydrogen (secondary N) is 1. The number of amides is 1. The number of halogens is 3. The Bertz CT molecular complexity index is 679. The molecule has 0 fully saturated rings. The van der Waals surface area contributed by atoms with Gasteiger partial charge in [0.05, 0.1) is 27.7 Å². The molecule has 0 spiro atoms. The van der Waals surface area contributed by atoms with Gasteiger partial charge in [0, 0.05) is 7.05 Å². The van der Waals surface area contributed by atoms with Crippen molar-refractivity contribution < 1.29 is 13.6 Å². The first-order chi connectivity index (χ1) is 9.81. The van der Waals surface area contributed by atoms with Crippen molar-refractivity contribution in [2.45, 2.75) is 26.8 Å². The molecule has 21 heavy (non-hydrogen) atoms. The van der Waals surface area contributed by atoms with Crippen LogP contribution in [0.5, 0.6) is 0 Å². The maximum atomic E-state index is 12.7. The van der Waals surface area contributed by atoms with Crippen molar-refractivity contribution in [1.29, 1.82) is 0 Å². The van der Waals surface area contributed by atoms with E-state index in [-0.39, 0.29) is 22.6 Å². The van der Waals surface area contributed by atoms with E-state index in [1.54, 1.807) is 18.7 Å². The van der Waals surface area contributed by atoms with Crippen molar-refractivity contribution in [3.63, 3.8) is 0 Å². The molecule has 2 heterocycles. The minimum absolute atomic E-state index is 0.147. The van der Waals surface area contributed by atoms with Crippen LogP contribution in [0.2, 0.25) is 0 Å². The second kappa shape index (κ2) is 5.92. The van der Waals surface area contributed by atoms with Crippen LogP contribution in [0.3, 0.4) is 0 Å². The third-order valence-corrected chi connectivity index (χ3v) is 4.15. The molecule has 1 amide bonds. The molecule has 1 N–H and O–H groups in total. The largest absolute Gasteiger partial charge is 0.322 e. The average molecular weight is 362 g/mol. The molecule has 0 aliphatic heterocycles. The molecule has 0 atom stereocenters. The van der Waals surface area contributed by atoms with Crippen molar-refractivity contribution in [3.05, 3.63) is 27.8 Å². The van der Waals surface area contributed by atoms with Gasteiger partial charge in [0.1, 0.15) is 12.2 Å². The zero-order chi connectivity index (χ0) is 15.7. The molecule has 114 valence electrons. The van der Waals surface area contributed by atoms with E-state index in [1.165, 1.54) is 10.9 Å². The average Bonchev–Trinajstić information content (AvgIpc) is 2.87. The summed E-state index contributed by atoms with van der Waals surface area (Å²) in [6, 6.07) is 0. The molecule has 2 aromatic rings. The molecular weight excluding hydrogens is 348 g/mol. The van der Waals surface area contributed by atoms with Crippen LogP contribution in [-0.2, 0) is 18.4 Å².